The average Bonchev–Trinajstić information content (AvgIpc) is 3.36. The summed E-state index contributed by atoms with van der Waals surface area (Å²) in [5, 5.41) is 13.5. The minimum absolute atomic E-state index is 0.0830. The zero-order valence-corrected chi connectivity index (χ0v) is 21.1. The highest BCUT2D eigenvalue weighted by Crippen LogP contribution is 2.19. The van der Waals surface area contributed by atoms with Crippen molar-refractivity contribution in [3.8, 4) is 5.75 Å². The van der Waals surface area contributed by atoms with Gasteiger partial charge in [-0.2, -0.15) is 0 Å². The largest absolute Gasteiger partial charge is 0.497 e. The molecule has 0 bridgehead atoms. The van der Waals surface area contributed by atoms with E-state index in [2.05, 4.69) is 56.6 Å². The normalized spacial score (nSPS) is 11.3. The fourth-order valence-corrected chi connectivity index (χ4v) is 4.45. The first kappa shape index (κ1) is 24.4. The number of nitrogens with one attached hydrogen (secondary N) is 1. The van der Waals surface area contributed by atoms with Crippen molar-refractivity contribution in [3.05, 3.63) is 117 Å². The molecular formula is C29H30N6O2. The quantitative estimate of drug-likeness (QED) is 0.311. The van der Waals surface area contributed by atoms with Gasteiger partial charge in [0.2, 0.25) is 0 Å². The minimum Gasteiger partial charge on any atom is -0.497 e. The second-order valence-electron chi connectivity index (χ2n) is 9.13. The number of methoxy groups -OCH3 is 1. The molecule has 0 amide bonds. The van der Waals surface area contributed by atoms with Crippen molar-refractivity contribution < 1.29 is 4.74 Å². The number of ether oxygens (including phenoxy) is 1. The highest BCUT2D eigenvalue weighted by atomic mass is 16.5. The van der Waals surface area contributed by atoms with Gasteiger partial charge in [0.15, 0.2) is 5.82 Å². The molecular weight excluding hydrogens is 464 g/mol. The second-order valence-corrected chi connectivity index (χ2v) is 9.13. The number of H-pyrrole nitrogens is 1. The Bertz CT molecular complexity index is 1530. The molecule has 0 spiro atoms. The molecule has 37 heavy (non-hydrogen) atoms. The van der Waals surface area contributed by atoms with Crippen molar-refractivity contribution in [2.75, 3.05) is 7.11 Å². The van der Waals surface area contributed by atoms with Gasteiger partial charge in [-0.3, -0.25) is 9.69 Å². The van der Waals surface area contributed by atoms with Crippen LogP contribution in [0.4, 0.5) is 0 Å². The summed E-state index contributed by atoms with van der Waals surface area (Å²) in [5.74, 6) is 1.54. The molecule has 0 saturated heterocycles. The van der Waals surface area contributed by atoms with Crippen LogP contribution in [-0.4, -0.2) is 37.2 Å². The Balaban J connectivity index is 1.44. The van der Waals surface area contributed by atoms with Crippen molar-refractivity contribution in [2.24, 2.45) is 0 Å². The Morgan fingerprint density at radius 1 is 0.892 bits per heavy atom. The zero-order valence-electron chi connectivity index (χ0n) is 21.1. The molecule has 3 aromatic carbocycles. The number of aromatic amines is 1. The molecule has 0 unspecified atom stereocenters. The van der Waals surface area contributed by atoms with Gasteiger partial charge in [-0.25, -0.2) is 4.68 Å². The molecule has 0 fully saturated rings. The Labute approximate surface area is 215 Å². The van der Waals surface area contributed by atoms with Crippen LogP contribution in [0.15, 0.2) is 83.7 Å². The predicted octanol–water partition coefficient (Wildman–Crippen LogP) is 4.34. The van der Waals surface area contributed by atoms with Crippen LogP contribution in [0.25, 0.3) is 10.9 Å². The maximum absolute atomic E-state index is 13.0. The number of tetrazole rings is 1. The summed E-state index contributed by atoms with van der Waals surface area (Å²) in [7, 11) is 1.66. The lowest BCUT2D eigenvalue weighted by Gasteiger charge is -2.22. The summed E-state index contributed by atoms with van der Waals surface area (Å²) in [5.41, 5.74) is 4.93. The first-order valence-corrected chi connectivity index (χ1v) is 12.4. The van der Waals surface area contributed by atoms with Crippen LogP contribution in [0.3, 0.4) is 0 Å². The molecule has 0 aliphatic rings. The molecule has 8 heteroatoms. The van der Waals surface area contributed by atoms with Gasteiger partial charge in [0.05, 0.1) is 20.2 Å². The molecule has 1 N–H and O–H groups in total. The topological polar surface area (TPSA) is 88.9 Å². The second kappa shape index (κ2) is 11.2. The predicted molar refractivity (Wildman–Crippen MR) is 143 cm³/mol. The lowest BCUT2D eigenvalue weighted by Crippen LogP contribution is -2.28. The molecule has 5 aromatic rings. The van der Waals surface area contributed by atoms with Gasteiger partial charge in [0.25, 0.3) is 5.56 Å². The molecule has 0 radical (unpaired) electrons. The molecule has 0 aliphatic heterocycles. The number of nitrogens with zero attached hydrogens (tertiary/aromatic N) is 5. The van der Waals surface area contributed by atoms with E-state index in [1.807, 2.05) is 59.3 Å². The minimum atomic E-state index is -0.0830. The third-order valence-corrected chi connectivity index (χ3v) is 6.50. The monoisotopic (exact) mass is 494 g/mol. The summed E-state index contributed by atoms with van der Waals surface area (Å²) in [6.45, 7) is 4.26. The summed E-state index contributed by atoms with van der Waals surface area (Å²) >= 11 is 0. The van der Waals surface area contributed by atoms with Crippen LogP contribution in [-0.2, 0) is 32.6 Å². The lowest BCUT2D eigenvalue weighted by molar-refractivity contribution is 0.236. The molecule has 0 saturated carbocycles. The van der Waals surface area contributed by atoms with Gasteiger partial charge in [0.1, 0.15) is 5.75 Å². The number of hydrogen-bond acceptors (Lipinski definition) is 6. The number of aryl methyl sites for hydroxylation is 1. The molecule has 2 aromatic heterocycles. The van der Waals surface area contributed by atoms with E-state index in [1.54, 1.807) is 7.11 Å². The lowest BCUT2D eigenvalue weighted by atomic mass is 10.1. The van der Waals surface area contributed by atoms with Gasteiger partial charge in [-0.1, -0.05) is 55.5 Å². The Kier molecular flexibility index (Phi) is 7.37. The maximum Gasteiger partial charge on any atom is 0.252 e. The van der Waals surface area contributed by atoms with Gasteiger partial charge < -0.3 is 9.72 Å². The summed E-state index contributed by atoms with van der Waals surface area (Å²) in [6, 6.07) is 26.3. The van der Waals surface area contributed by atoms with E-state index in [0.29, 0.717) is 31.7 Å². The fourth-order valence-electron chi connectivity index (χ4n) is 4.45. The first-order chi connectivity index (χ1) is 18.1. The number of fused-ring (bicyclic) bond motifs is 1. The van der Waals surface area contributed by atoms with Crippen molar-refractivity contribution in [2.45, 2.75) is 39.5 Å². The van der Waals surface area contributed by atoms with Gasteiger partial charge >= 0.3 is 0 Å². The highest BCUT2D eigenvalue weighted by molar-refractivity contribution is 5.79. The van der Waals surface area contributed by atoms with Crippen molar-refractivity contribution in [3.63, 3.8) is 0 Å². The SMILES string of the molecule is CCc1ccc2[nH]c(=O)c(CN(Cc3ccc(OC)cc3)Cc3nnnn3Cc3ccccc3)cc2c1. The summed E-state index contributed by atoms with van der Waals surface area (Å²) in [6.07, 6.45) is 0.943. The van der Waals surface area contributed by atoms with E-state index < -0.39 is 0 Å². The maximum atomic E-state index is 13.0. The third kappa shape index (κ3) is 5.92. The van der Waals surface area contributed by atoms with E-state index >= 15 is 0 Å². The number of aromatic nitrogens is 5. The number of benzene rings is 3. The molecule has 5 rings (SSSR count). The van der Waals surface area contributed by atoms with E-state index in [-0.39, 0.29) is 5.56 Å². The molecule has 0 aliphatic carbocycles. The van der Waals surface area contributed by atoms with Crippen molar-refractivity contribution >= 4 is 10.9 Å². The zero-order chi connectivity index (χ0) is 25.6. The van der Waals surface area contributed by atoms with Crippen LogP contribution in [0.1, 0.15) is 35.0 Å². The summed E-state index contributed by atoms with van der Waals surface area (Å²) < 4.78 is 7.13. The Hall–Kier alpha value is -4.30. The smallest absolute Gasteiger partial charge is 0.252 e. The number of pyridine rings is 1. The van der Waals surface area contributed by atoms with E-state index in [4.69, 9.17) is 4.74 Å². The molecule has 188 valence electrons. The molecule has 0 atom stereocenters. The van der Waals surface area contributed by atoms with E-state index in [9.17, 15) is 4.79 Å². The number of rotatable bonds is 10. The van der Waals surface area contributed by atoms with Crippen molar-refractivity contribution in [1.29, 1.82) is 0 Å². The Morgan fingerprint density at radius 3 is 2.43 bits per heavy atom. The van der Waals surface area contributed by atoms with Crippen LogP contribution in [0, 0.1) is 0 Å². The standard InChI is InChI=1S/C29H30N6O2/c1-3-21-11-14-27-24(15-21)16-25(29(36)30-27)19-34(17-23-9-12-26(37-2)13-10-23)20-28-31-32-33-35(28)18-22-7-5-4-6-8-22/h4-16H,3,17-20H2,1-2H3,(H,30,36). The summed E-state index contributed by atoms with van der Waals surface area (Å²) in [4.78, 5) is 18.3. The average molecular weight is 495 g/mol. The van der Waals surface area contributed by atoms with Crippen LogP contribution in [0.5, 0.6) is 5.75 Å². The van der Waals surface area contributed by atoms with Crippen LogP contribution in [0.2, 0.25) is 0 Å². The van der Waals surface area contributed by atoms with Crippen molar-refractivity contribution in [1.82, 2.24) is 30.1 Å². The highest BCUT2D eigenvalue weighted by Gasteiger charge is 2.16. The fraction of sp³-hybridized carbons (Fsp3) is 0.241. The third-order valence-electron chi connectivity index (χ3n) is 6.50. The van der Waals surface area contributed by atoms with Gasteiger partial charge in [-0.05, 0) is 69.3 Å². The first-order valence-electron chi connectivity index (χ1n) is 12.4. The van der Waals surface area contributed by atoms with Gasteiger partial charge in [-0.15, -0.1) is 5.10 Å². The number of hydrogen-bond donors (Lipinski definition) is 1. The molecule has 2 heterocycles. The molecule has 8 nitrogen and oxygen atoms in total. The van der Waals surface area contributed by atoms with Crippen LogP contribution >= 0.6 is 0 Å². The Morgan fingerprint density at radius 2 is 1.68 bits per heavy atom. The van der Waals surface area contributed by atoms with E-state index in [1.165, 1.54) is 5.56 Å². The van der Waals surface area contributed by atoms with Crippen LogP contribution < -0.4 is 10.3 Å². The van der Waals surface area contributed by atoms with E-state index in [0.717, 1.165) is 40.0 Å². The van der Waals surface area contributed by atoms with Gasteiger partial charge in [0, 0.05) is 24.2 Å².